The van der Waals surface area contributed by atoms with Crippen LogP contribution >= 0.6 is 0 Å². The number of aryl methyl sites for hydroxylation is 2. The molecule has 256 valence electrons. The third kappa shape index (κ3) is 5.22. The molecule has 0 aliphatic rings. The smallest absolute Gasteiger partial charge is 0.336 e. The number of carboxylic acids is 2. The maximum atomic E-state index is 12.3. The lowest BCUT2D eigenvalue weighted by Crippen LogP contribution is -2.08. The summed E-state index contributed by atoms with van der Waals surface area (Å²) in [6.07, 6.45) is 0. The summed E-state index contributed by atoms with van der Waals surface area (Å²) in [6.45, 7) is 3.32. The highest BCUT2D eigenvalue weighted by atomic mass is 16.6. The molecule has 0 saturated carbocycles. The Morgan fingerprint density at radius 1 is 0.500 bits per heavy atom. The lowest BCUT2D eigenvalue weighted by Gasteiger charge is -2.19. The second-order valence-corrected chi connectivity index (χ2v) is 12.1. The van der Waals surface area contributed by atoms with Crippen molar-refractivity contribution in [2.24, 2.45) is 9.98 Å². The number of carboxylic acid groups (broad SMARTS) is 2. The van der Waals surface area contributed by atoms with Crippen LogP contribution in [-0.4, -0.2) is 54.0 Å². The van der Waals surface area contributed by atoms with Gasteiger partial charge < -0.3 is 20.4 Å². The Hall–Kier alpha value is -7.48. The fraction of sp³-hybridized carbons (Fsp3) is 0.0526. The Bertz CT molecular complexity index is 2620. The molecule has 0 atom stereocenters. The topological polar surface area (TPSA) is 226 Å². The zero-order valence-electron chi connectivity index (χ0n) is 27.1. The molecule has 14 heteroatoms. The van der Waals surface area contributed by atoms with E-state index in [2.05, 4.69) is 9.98 Å². The molecule has 0 fully saturated rings. The third-order valence-electron chi connectivity index (χ3n) is 9.10. The number of aliphatic hydroxyl groups excluding tert-OH is 2. The van der Waals surface area contributed by atoms with Crippen LogP contribution in [0.5, 0.6) is 0 Å². The fourth-order valence-corrected chi connectivity index (χ4v) is 6.63. The third-order valence-corrected chi connectivity index (χ3v) is 9.10. The first-order valence-corrected chi connectivity index (χ1v) is 15.5. The molecule has 0 spiro atoms. The number of carbonyl (C=O) groups is 2. The van der Waals surface area contributed by atoms with Crippen LogP contribution in [0.15, 0.2) is 94.9 Å². The molecule has 0 heterocycles. The van der Waals surface area contributed by atoms with Gasteiger partial charge in [0.1, 0.15) is 0 Å². The molecule has 0 aromatic heterocycles. The fourth-order valence-electron chi connectivity index (χ4n) is 6.63. The SMILES string of the molecule is Cc1ccc([N+](=O)[O-])cc1N=C(O)c1ccc2c3ccc(C(=O)O)c4c(C(=O)O)ccc(c5ccc(C(O)=Nc6cc([N+](=O)[O-])ccc6C)c1c25)c43. The summed E-state index contributed by atoms with van der Waals surface area (Å²) in [5.41, 5.74) is 0.513. The van der Waals surface area contributed by atoms with Gasteiger partial charge in [-0.2, -0.15) is 0 Å². The van der Waals surface area contributed by atoms with Gasteiger partial charge in [-0.3, -0.25) is 20.2 Å². The molecule has 0 unspecified atom stereocenters. The van der Waals surface area contributed by atoms with E-state index in [0.29, 0.717) is 43.4 Å². The average Bonchev–Trinajstić information content (AvgIpc) is 3.11. The Kier molecular flexibility index (Phi) is 7.71. The number of nitrogens with zero attached hydrogens (tertiary/aromatic N) is 4. The lowest BCUT2D eigenvalue weighted by molar-refractivity contribution is -0.385. The average molecular weight is 697 g/mol. The zero-order chi connectivity index (χ0) is 37.2. The van der Waals surface area contributed by atoms with Crippen LogP contribution in [0, 0.1) is 34.1 Å². The summed E-state index contributed by atoms with van der Waals surface area (Å²) in [7, 11) is 0. The van der Waals surface area contributed by atoms with Crippen molar-refractivity contribution in [3.05, 3.63) is 139 Å². The number of aromatic carboxylic acids is 2. The molecular weight excluding hydrogens is 672 g/mol. The second-order valence-electron chi connectivity index (χ2n) is 12.1. The maximum absolute atomic E-state index is 12.3. The van der Waals surface area contributed by atoms with Gasteiger partial charge in [0.05, 0.1) is 32.3 Å². The van der Waals surface area contributed by atoms with E-state index in [4.69, 9.17) is 0 Å². The Morgan fingerprint density at radius 2 is 0.827 bits per heavy atom. The Balaban J connectivity index is 1.62. The summed E-state index contributed by atoms with van der Waals surface area (Å²) >= 11 is 0. The first kappa shape index (κ1) is 33.0. The van der Waals surface area contributed by atoms with Gasteiger partial charge in [-0.25, -0.2) is 19.6 Å². The second kappa shape index (κ2) is 12.1. The highest BCUT2D eigenvalue weighted by Gasteiger charge is 2.25. The van der Waals surface area contributed by atoms with Crippen molar-refractivity contribution in [2.75, 3.05) is 0 Å². The van der Waals surface area contributed by atoms with Gasteiger partial charge in [0.25, 0.3) is 11.4 Å². The number of aliphatic imine (C=N–C) groups is 2. The van der Waals surface area contributed by atoms with Crippen molar-refractivity contribution in [2.45, 2.75) is 13.8 Å². The molecule has 0 saturated heterocycles. The van der Waals surface area contributed by atoms with E-state index >= 15 is 0 Å². The number of rotatable bonds is 8. The van der Waals surface area contributed by atoms with Crippen LogP contribution in [-0.2, 0) is 0 Å². The van der Waals surface area contributed by atoms with Crippen molar-refractivity contribution in [3.63, 3.8) is 0 Å². The molecule has 7 aromatic carbocycles. The van der Waals surface area contributed by atoms with E-state index in [1.165, 1.54) is 60.7 Å². The number of nitro groups is 2. The summed E-state index contributed by atoms with van der Waals surface area (Å²) in [5, 5.41) is 69.4. The van der Waals surface area contributed by atoms with Crippen molar-refractivity contribution in [1.29, 1.82) is 0 Å². The molecule has 7 rings (SSSR count). The van der Waals surface area contributed by atoms with Gasteiger partial charge in [0, 0.05) is 46.2 Å². The molecule has 52 heavy (non-hydrogen) atoms. The van der Waals surface area contributed by atoms with Gasteiger partial charge >= 0.3 is 11.9 Å². The standard InChI is InChI=1S/C38H24N4O10/c1-17-3-5-19(41(49)50)15-29(17)39-35(43)25-11-7-21-23-9-13-27(37(45)46)34-28(38(47)48)14-10-24(32(23)34)22-8-12-26(33(25)31(21)22)36(44)40-30-16-20(42(51)52)6-4-18(30)2/h3-16H,1-2H3,(H,39,43)(H,40,44)(H,45,46)(H,47,48). The first-order valence-electron chi connectivity index (χ1n) is 15.5. The predicted octanol–water partition coefficient (Wildman–Crippen LogP) is 8.84. The van der Waals surface area contributed by atoms with Gasteiger partial charge in [0.2, 0.25) is 11.8 Å². The summed E-state index contributed by atoms with van der Waals surface area (Å²) in [5.74, 6) is -3.76. The summed E-state index contributed by atoms with van der Waals surface area (Å²) in [4.78, 5) is 55.1. The van der Waals surface area contributed by atoms with Gasteiger partial charge in [-0.05, 0) is 81.6 Å². The number of fused-ring (bicyclic) bond motifs is 2. The number of benzene rings is 7. The van der Waals surface area contributed by atoms with Crippen LogP contribution in [0.25, 0.3) is 43.1 Å². The molecule has 14 nitrogen and oxygen atoms in total. The van der Waals surface area contributed by atoms with Gasteiger partial charge in [-0.1, -0.05) is 36.4 Å². The molecule has 4 N–H and O–H groups in total. The van der Waals surface area contributed by atoms with E-state index < -0.39 is 33.6 Å². The molecule has 0 aliphatic heterocycles. The number of non-ortho nitro benzene ring substituents is 2. The minimum absolute atomic E-state index is 0.0260. The number of hydrogen-bond donors (Lipinski definition) is 4. The summed E-state index contributed by atoms with van der Waals surface area (Å²) in [6, 6.07) is 20.1. The van der Waals surface area contributed by atoms with Crippen molar-refractivity contribution >= 4 is 89.6 Å². The molecular formula is C38H24N4O10. The number of aliphatic hydroxyl groups is 2. The Morgan fingerprint density at radius 3 is 1.15 bits per heavy atom. The Labute approximate surface area is 291 Å². The lowest BCUT2D eigenvalue weighted by atomic mass is 9.84. The van der Waals surface area contributed by atoms with Crippen LogP contribution in [0.3, 0.4) is 0 Å². The molecule has 7 aromatic rings. The van der Waals surface area contributed by atoms with Crippen molar-refractivity contribution in [1.82, 2.24) is 0 Å². The quantitative estimate of drug-likeness (QED) is 0.0295. The van der Waals surface area contributed by atoms with Crippen LogP contribution in [0.2, 0.25) is 0 Å². The highest BCUT2D eigenvalue weighted by Crippen LogP contribution is 2.44. The minimum Gasteiger partial charge on any atom is -0.493 e. The highest BCUT2D eigenvalue weighted by molar-refractivity contribution is 6.38. The van der Waals surface area contributed by atoms with E-state index in [1.807, 2.05) is 0 Å². The normalized spacial score (nSPS) is 12.3. The molecule has 0 amide bonds. The van der Waals surface area contributed by atoms with E-state index in [9.17, 15) is 50.2 Å². The van der Waals surface area contributed by atoms with Crippen LogP contribution < -0.4 is 0 Å². The van der Waals surface area contributed by atoms with E-state index in [0.717, 1.165) is 0 Å². The maximum Gasteiger partial charge on any atom is 0.336 e. The van der Waals surface area contributed by atoms with Gasteiger partial charge in [0.15, 0.2) is 0 Å². The minimum atomic E-state index is -1.32. The zero-order valence-corrected chi connectivity index (χ0v) is 27.1. The predicted molar refractivity (Wildman–Crippen MR) is 195 cm³/mol. The van der Waals surface area contributed by atoms with Crippen molar-refractivity contribution in [3.8, 4) is 0 Å². The van der Waals surface area contributed by atoms with Gasteiger partial charge in [-0.15, -0.1) is 0 Å². The van der Waals surface area contributed by atoms with Crippen LogP contribution in [0.1, 0.15) is 43.0 Å². The van der Waals surface area contributed by atoms with Crippen molar-refractivity contribution < 1.29 is 39.9 Å². The number of nitro benzene ring substituents is 2. The summed E-state index contributed by atoms with van der Waals surface area (Å²) < 4.78 is 0. The van der Waals surface area contributed by atoms with E-state index in [-0.39, 0.29) is 55.8 Å². The molecule has 0 radical (unpaired) electrons. The monoisotopic (exact) mass is 696 g/mol. The molecule has 0 bridgehead atoms. The molecule has 0 aliphatic carbocycles. The van der Waals surface area contributed by atoms with E-state index in [1.54, 1.807) is 38.1 Å². The first-order chi connectivity index (χ1) is 24.8. The van der Waals surface area contributed by atoms with Crippen LogP contribution in [0.4, 0.5) is 22.7 Å². The largest absolute Gasteiger partial charge is 0.493 e. The number of hydrogen-bond acceptors (Lipinski definition) is 8.